The average molecular weight is 309 g/mol. The predicted octanol–water partition coefficient (Wildman–Crippen LogP) is 1.69. The summed E-state index contributed by atoms with van der Waals surface area (Å²) in [6.07, 6.45) is 2.46. The molecule has 1 heterocycles. The molecule has 2 N–H and O–H groups in total. The number of ether oxygens (including phenoxy) is 2. The van der Waals surface area contributed by atoms with E-state index >= 15 is 0 Å². The molecule has 122 valence electrons. The second-order valence-electron chi connectivity index (χ2n) is 5.15. The van der Waals surface area contributed by atoms with Crippen LogP contribution in [0.25, 0.3) is 0 Å². The minimum atomic E-state index is -0.217. The average Bonchev–Trinajstić information content (AvgIpc) is 3.05. The van der Waals surface area contributed by atoms with Crippen molar-refractivity contribution in [2.75, 3.05) is 33.4 Å². The monoisotopic (exact) mass is 309 g/mol. The van der Waals surface area contributed by atoms with Crippen molar-refractivity contribution in [1.82, 2.24) is 10.6 Å². The molecule has 1 aromatic rings. The molecule has 0 amide bonds. The molecule has 6 heteroatoms. The van der Waals surface area contributed by atoms with E-state index in [1.807, 2.05) is 6.07 Å². The van der Waals surface area contributed by atoms with Gasteiger partial charge < -0.3 is 20.1 Å². The van der Waals surface area contributed by atoms with Gasteiger partial charge in [0.05, 0.1) is 19.3 Å². The summed E-state index contributed by atoms with van der Waals surface area (Å²) in [7, 11) is 1.68. The summed E-state index contributed by atoms with van der Waals surface area (Å²) >= 11 is 0. The molecule has 0 saturated carbocycles. The molecule has 2 rings (SSSR count). The first-order chi connectivity index (χ1) is 10.8. The Balaban J connectivity index is 1.60. The second kappa shape index (κ2) is 9.38. The summed E-state index contributed by atoms with van der Waals surface area (Å²) in [5.74, 6) is 0.411. The van der Waals surface area contributed by atoms with Crippen LogP contribution in [0, 0.1) is 5.82 Å². The molecule has 0 aliphatic carbocycles. The summed E-state index contributed by atoms with van der Waals surface area (Å²) in [5, 5.41) is 6.21. The van der Waals surface area contributed by atoms with E-state index < -0.39 is 0 Å². The molecule has 1 aliphatic heterocycles. The Morgan fingerprint density at radius 2 is 2.27 bits per heavy atom. The summed E-state index contributed by atoms with van der Waals surface area (Å²) in [5.41, 5.74) is 0.611. The van der Waals surface area contributed by atoms with Crippen LogP contribution in [-0.4, -0.2) is 45.5 Å². The van der Waals surface area contributed by atoms with Crippen LogP contribution >= 0.6 is 0 Å². The minimum absolute atomic E-state index is 0.217. The SMILES string of the molecule is CN=C(NCCOCC1CCCO1)NCc1ccccc1F. The number of aliphatic imine (C=N–C) groups is 1. The van der Waals surface area contributed by atoms with Gasteiger partial charge in [0, 0.05) is 32.3 Å². The fraction of sp³-hybridized carbons (Fsp3) is 0.562. The Morgan fingerprint density at radius 3 is 3.00 bits per heavy atom. The highest BCUT2D eigenvalue weighted by Gasteiger charge is 2.14. The van der Waals surface area contributed by atoms with Crippen LogP contribution in [0.5, 0.6) is 0 Å². The van der Waals surface area contributed by atoms with Gasteiger partial charge in [-0.05, 0) is 18.9 Å². The standard InChI is InChI=1S/C16H24FN3O2/c1-18-16(20-11-13-5-2-3-7-15(13)17)19-8-10-21-12-14-6-4-9-22-14/h2-3,5,7,14H,4,6,8-12H2,1H3,(H2,18,19,20). The van der Waals surface area contributed by atoms with Gasteiger partial charge in [-0.2, -0.15) is 0 Å². The number of benzene rings is 1. The smallest absolute Gasteiger partial charge is 0.191 e. The van der Waals surface area contributed by atoms with E-state index in [-0.39, 0.29) is 11.9 Å². The highest BCUT2D eigenvalue weighted by Crippen LogP contribution is 2.11. The van der Waals surface area contributed by atoms with Crippen LogP contribution in [0.1, 0.15) is 18.4 Å². The normalized spacial score (nSPS) is 18.5. The van der Waals surface area contributed by atoms with Gasteiger partial charge in [-0.1, -0.05) is 18.2 Å². The van der Waals surface area contributed by atoms with E-state index in [0.29, 0.717) is 37.8 Å². The number of hydrogen-bond donors (Lipinski definition) is 2. The number of nitrogens with one attached hydrogen (secondary N) is 2. The fourth-order valence-corrected chi connectivity index (χ4v) is 2.27. The highest BCUT2D eigenvalue weighted by molar-refractivity contribution is 5.79. The van der Waals surface area contributed by atoms with Crippen LogP contribution in [0.3, 0.4) is 0 Å². The van der Waals surface area contributed by atoms with E-state index in [4.69, 9.17) is 9.47 Å². The molecule has 0 aromatic heterocycles. The molecule has 1 aromatic carbocycles. The quantitative estimate of drug-likeness (QED) is 0.457. The lowest BCUT2D eigenvalue weighted by molar-refractivity contribution is 0.0191. The maximum atomic E-state index is 13.5. The third kappa shape index (κ3) is 5.61. The summed E-state index contributed by atoms with van der Waals surface area (Å²) in [6, 6.07) is 6.69. The zero-order valence-corrected chi connectivity index (χ0v) is 13.0. The number of rotatable bonds is 7. The van der Waals surface area contributed by atoms with E-state index in [1.165, 1.54) is 6.07 Å². The Hall–Kier alpha value is -1.66. The maximum Gasteiger partial charge on any atom is 0.191 e. The van der Waals surface area contributed by atoms with Gasteiger partial charge in [0.25, 0.3) is 0 Å². The van der Waals surface area contributed by atoms with E-state index in [2.05, 4.69) is 15.6 Å². The van der Waals surface area contributed by atoms with Gasteiger partial charge in [-0.15, -0.1) is 0 Å². The largest absolute Gasteiger partial charge is 0.377 e. The molecule has 1 fully saturated rings. The Kier molecular flexibility index (Phi) is 7.12. The van der Waals surface area contributed by atoms with Crippen LogP contribution < -0.4 is 10.6 Å². The molecule has 0 bridgehead atoms. The number of nitrogens with zero attached hydrogens (tertiary/aromatic N) is 1. The molecule has 1 aliphatic rings. The van der Waals surface area contributed by atoms with Gasteiger partial charge in [0.15, 0.2) is 5.96 Å². The molecule has 0 spiro atoms. The van der Waals surface area contributed by atoms with Crippen molar-refractivity contribution in [1.29, 1.82) is 0 Å². The van der Waals surface area contributed by atoms with E-state index in [1.54, 1.807) is 19.2 Å². The predicted molar refractivity (Wildman–Crippen MR) is 84.4 cm³/mol. The van der Waals surface area contributed by atoms with Crippen LogP contribution in [0.4, 0.5) is 4.39 Å². The lowest BCUT2D eigenvalue weighted by atomic mass is 10.2. The Bertz CT molecular complexity index is 476. The molecule has 1 saturated heterocycles. The molecule has 0 radical (unpaired) electrons. The number of guanidine groups is 1. The van der Waals surface area contributed by atoms with Crippen molar-refractivity contribution in [3.05, 3.63) is 35.6 Å². The maximum absolute atomic E-state index is 13.5. The molecule has 1 atom stereocenters. The third-order valence-electron chi connectivity index (χ3n) is 3.49. The molecular weight excluding hydrogens is 285 g/mol. The van der Waals surface area contributed by atoms with Crippen molar-refractivity contribution in [3.8, 4) is 0 Å². The number of halogens is 1. The summed E-state index contributed by atoms with van der Waals surface area (Å²) in [4.78, 5) is 4.10. The van der Waals surface area contributed by atoms with Gasteiger partial charge in [0.1, 0.15) is 5.82 Å². The van der Waals surface area contributed by atoms with Crippen LogP contribution in [0.2, 0.25) is 0 Å². The lowest BCUT2D eigenvalue weighted by Gasteiger charge is -2.13. The second-order valence-corrected chi connectivity index (χ2v) is 5.15. The molecule has 22 heavy (non-hydrogen) atoms. The van der Waals surface area contributed by atoms with E-state index in [9.17, 15) is 4.39 Å². The lowest BCUT2D eigenvalue weighted by Crippen LogP contribution is -2.38. The van der Waals surface area contributed by atoms with Crippen molar-refractivity contribution in [2.24, 2.45) is 4.99 Å². The van der Waals surface area contributed by atoms with Gasteiger partial charge in [-0.3, -0.25) is 4.99 Å². The first kappa shape index (κ1) is 16.7. The van der Waals surface area contributed by atoms with Crippen molar-refractivity contribution >= 4 is 5.96 Å². The fourth-order valence-electron chi connectivity index (χ4n) is 2.27. The van der Waals surface area contributed by atoms with Crippen molar-refractivity contribution < 1.29 is 13.9 Å². The molecule has 1 unspecified atom stereocenters. The summed E-state index contributed by atoms with van der Waals surface area (Å²) in [6.45, 7) is 3.11. The topological polar surface area (TPSA) is 54.9 Å². The van der Waals surface area contributed by atoms with Crippen LogP contribution in [0.15, 0.2) is 29.3 Å². The first-order valence-electron chi connectivity index (χ1n) is 7.67. The van der Waals surface area contributed by atoms with Crippen molar-refractivity contribution in [2.45, 2.75) is 25.5 Å². The van der Waals surface area contributed by atoms with Gasteiger partial charge in [0.2, 0.25) is 0 Å². The molecule has 5 nitrogen and oxygen atoms in total. The summed E-state index contributed by atoms with van der Waals surface area (Å²) < 4.78 is 24.6. The zero-order valence-electron chi connectivity index (χ0n) is 13.0. The third-order valence-corrected chi connectivity index (χ3v) is 3.49. The Morgan fingerprint density at radius 1 is 1.41 bits per heavy atom. The van der Waals surface area contributed by atoms with E-state index in [0.717, 1.165) is 19.4 Å². The molecular formula is C16H24FN3O2. The van der Waals surface area contributed by atoms with Gasteiger partial charge in [-0.25, -0.2) is 4.39 Å². The first-order valence-corrected chi connectivity index (χ1v) is 7.67. The Labute approximate surface area is 130 Å². The minimum Gasteiger partial charge on any atom is -0.377 e. The van der Waals surface area contributed by atoms with Crippen molar-refractivity contribution in [3.63, 3.8) is 0 Å². The van der Waals surface area contributed by atoms with Crippen LogP contribution in [-0.2, 0) is 16.0 Å². The number of hydrogen-bond acceptors (Lipinski definition) is 3. The highest BCUT2D eigenvalue weighted by atomic mass is 19.1. The zero-order chi connectivity index (χ0) is 15.6. The van der Waals surface area contributed by atoms with Gasteiger partial charge >= 0.3 is 0 Å².